The smallest absolute Gasteiger partial charge is 0.253 e. The average Bonchev–Trinajstić information content (AvgIpc) is 2.68. The highest BCUT2D eigenvalue weighted by atomic mass is 32.2. The monoisotopic (exact) mass is 415 g/mol. The SMILES string of the molecule is Cc1ccc(N(Cc2ccc(C(=O)N3CCN(C)CC3)cc2)S(C)(=O)=O)cc1C. The van der Waals surface area contributed by atoms with Gasteiger partial charge in [-0.25, -0.2) is 8.42 Å². The molecule has 29 heavy (non-hydrogen) atoms. The molecule has 0 unspecified atom stereocenters. The van der Waals surface area contributed by atoms with Crippen LogP contribution in [-0.4, -0.2) is 63.6 Å². The lowest BCUT2D eigenvalue weighted by molar-refractivity contribution is 0.0664. The second-order valence-corrected chi connectivity index (χ2v) is 9.74. The molecule has 0 radical (unpaired) electrons. The summed E-state index contributed by atoms with van der Waals surface area (Å²) >= 11 is 0. The molecule has 1 amide bonds. The molecular formula is C22H29N3O3S. The lowest BCUT2D eigenvalue weighted by atomic mass is 10.1. The molecule has 1 heterocycles. The summed E-state index contributed by atoms with van der Waals surface area (Å²) in [6.45, 7) is 7.41. The number of rotatable bonds is 5. The fourth-order valence-electron chi connectivity index (χ4n) is 3.39. The van der Waals surface area contributed by atoms with Gasteiger partial charge in [-0.1, -0.05) is 18.2 Å². The number of aryl methyl sites for hydroxylation is 2. The first-order valence-electron chi connectivity index (χ1n) is 9.77. The molecule has 0 saturated carbocycles. The van der Waals surface area contributed by atoms with Gasteiger partial charge in [0.2, 0.25) is 10.0 Å². The van der Waals surface area contributed by atoms with Crippen LogP contribution in [0.4, 0.5) is 5.69 Å². The highest BCUT2D eigenvalue weighted by molar-refractivity contribution is 7.92. The van der Waals surface area contributed by atoms with Crippen LogP contribution in [0.2, 0.25) is 0 Å². The van der Waals surface area contributed by atoms with Crippen molar-refractivity contribution in [2.75, 3.05) is 43.8 Å². The number of anilines is 1. The Morgan fingerprint density at radius 3 is 2.14 bits per heavy atom. The zero-order chi connectivity index (χ0) is 21.2. The van der Waals surface area contributed by atoms with Crippen LogP contribution in [0, 0.1) is 13.8 Å². The second kappa shape index (κ2) is 8.55. The van der Waals surface area contributed by atoms with Gasteiger partial charge in [-0.2, -0.15) is 0 Å². The Labute approximate surface area is 173 Å². The largest absolute Gasteiger partial charge is 0.336 e. The van der Waals surface area contributed by atoms with Crippen molar-refractivity contribution in [1.82, 2.24) is 9.80 Å². The third-order valence-electron chi connectivity index (χ3n) is 5.50. The van der Waals surface area contributed by atoms with Gasteiger partial charge >= 0.3 is 0 Å². The van der Waals surface area contributed by atoms with Gasteiger partial charge in [0.1, 0.15) is 0 Å². The molecular weight excluding hydrogens is 386 g/mol. The lowest BCUT2D eigenvalue weighted by Crippen LogP contribution is -2.47. The summed E-state index contributed by atoms with van der Waals surface area (Å²) in [6.07, 6.45) is 1.22. The van der Waals surface area contributed by atoms with E-state index >= 15 is 0 Å². The Morgan fingerprint density at radius 2 is 1.59 bits per heavy atom. The zero-order valence-corrected chi connectivity index (χ0v) is 18.4. The van der Waals surface area contributed by atoms with Crippen molar-refractivity contribution in [2.24, 2.45) is 0 Å². The number of sulfonamides is 1. The molecule has 0 aliphatic carbocycles. The molecule has 0 bridgehead atoms. The van der Waals surface area contributed by atoms with Crippen molar-refractivity contribution in [3.8, 4) is 0 Å². The van der Waals surface area contributed by atoms with Crippen LogP contribution in [0.25, 0.3) is 0 Å². The fourth-order valence-corrected chi connectivity index (χ4v) is 4.27. The summed E-state index contributed by atoms with van der Waals surface area (Å²) in [4.78, 5) is 16.8. The van der Waals surface area contributed by atoms with Crippen LogP contribution in [0.15, 0.2) is 42.5 Å². The maximum absolute atomic E-state index is 12.7. The number of amides is 1. The molecule has 1 aliphatic rings. The fraction of sp³-hybridized carbons (Fsp3) is 0.409. The lowest BCUT2D eigenvalue weighted by Gasteiger charge is -2.32. The molecule has 2 aromatic carbocycles. The molecule has 3 rings (SSSR count). The number of carbonyl (C=O) groups is 1. The highest BCUT2D eigenvalue weighted by Crippen LogP contribution is 2.23. The van der Waals surface area contributed by atoms with E-state index in [1.54, 1.807) is 12.1 Å². The first kappa shape index (κ1) is 21.3. The van der Waals surface area contributed by atoms with Crippen LogP contribution in [-0.2, 0) is 16.6 Å². The van der Waals surface area contributed by atoms with E-state index in [4.69, 9.17) is 0 Å². The highest BCUT2D eigenvalue weighted by Gasteiger charge is 2.21. The summed E-state index contributed by atoms with van der Waals surface area (Å²) < 4.78 is 26.2. The standard InChI is InChI=1S/C22H29N3O3S/c1-17-5-10-21(15-18(17)2)25(29(4,27)28)16-19-6-8-20(9-7-19)22(26)24-13-11-23(3)12-14-24/h5-10,15H,11-14,16H2,1-4H3. The predicted octanol–water partition coefficient (Wildman–Crippen LogP) is 2.66. The van der Waals surface area contributed by atoms with E-state index in [9.17, 15) is 13.2 Å². The molecule has 0 spiro atoms. The van der Waals surface area contributed by atoms with Crippen molar-refractivity contribution >= 4 is 21.6 Å². The molecule has 156 valence electrons. The van der Waals surface area contributed by atoms with E-state index in [0.717, 1.165) is 42.9 Å². The number of likely N-dealkylation sites (N-methyl/N-ethyl adjacent to an activating group) is 1. The van der Waals surface area contributed by atoms with Crippen LogP contribution in [0.5, 0.6) is 0 Å². The van der Waals surface area contributed by atoms with Gasteiger partial charge in [-0.15, -0.1) is 0 Å². The third kappa shape index (κ3) is 5.16. The second-order valence-electron chi connectivity index (χ2n) is 7.83. The summed E-state index contributed by atoms with van der Waals surface area (Å²) in [6, 6.07) is 12.9. The van der Waals surface area contributed by atoms with Crippen LogP contribution >= 0.6 is 0 Å². The summed E-state index contributed by atoms with van der Waals surface area (Å²) in [5.74, 6) is 0.0266. The van der Waals surface area contributed by atoms with Crippen LogP contribution < -0.4 is 4.31 Å². The number of hydrogen-bond donors (Lipinski definition) is 0. The zero-order valence-electron chi connectivity index (χ0n) is 17.6. The van der Waals surface area contributed by atoms with Crippen molar-refractivity contribution in [1.29, 1.82) is 0 Å². The molecule has 0 aromatic heterocycles. The number of carbonyl (C=O) groups excluding carboxylic acids is 1. The number of hydrogen-bond acceptors (Lipinski definition) is 4. The van der Waals surface area contributed by atoms with Crippen molar-refractivity contribution < 1.29 is 13.2 Å². The molecule has 1 fully saturated rings. The van der Waals surface area contributed by atoms with E-state index in [1.807, 2.05) is 49.1 Å². The molecule has 1 saturated heterocycles. The van der Waals surface area contributed by atoms with Gasteiger partial charge in [0, 0.05) is 31.7 Å². The molecule has 6 nitrogen and oxygen atoms in total. The molecule has 0 atom stereocenters. The van der Waals surface area contributed by atoms with Gasteiger partial charge in [0.15, 0.2) is 0 Å². The minimum absolute atomic E-state index is 0.0266. The third-order valence-corrected chi connectivity index (χ3v) is 6.64. The minimum Gasteiger partial charge on any atom is -0.336 e. The van der Waals surface area contributed by atoms with Gasteiger partial charge in [0.25, 0.3) is 5.91 Å². The molecule has 7 heteroatoms. The van der Waals surface area contributed by atoms with Gasteiger partial charge in [-0.3, -0.25) is 9.10 Å². The molecule has 2 aromatic rings. The minimum atomic E-state index is -3.44. The normalized spacial score (nSPS) is 15.4. The topological polar surface area (TPSA) is 60.9 Å². The van der Waals surface area contributed by atoms with E-state index in [1.165, 1.54) is 10.6 Å². The Morgan fingerprint density at radius 1 is 0.966 bits per heavy atom. The number of benzene rings is 2. The summed E-state index contributed by atoms with van der Waals surface area (Å²) in [7, 11) is -1.39. The predicted molar refractivity (Wildman–Crippen MR) is 117 cm³/mol. The van der Waals surface area contributed by atoms with Crippen molar-refractivity contribution in [3.63, 3.8) is 0 Å². The Hall–Kier alpha value is -2.38. The number of nitrogens with zero attached hydrogens (tertiary/aromatic N) is 3. The number of piperazine rings is 1. The summed E-state index contributed by atoms with van der Waals surface area (Å²) in [5.41, 5.74) is 4.28. The Balaban J connectivity index is 1.77. The Bertz CT molecular complexity index is 979. The van der Waals surface area contributed by atoms with Gasteiger partial charge < -0.3 is 9.80 Å². The van der Waals surface area contributed by atoms with Gasteiger partial charge in [0.05, 0.1) is 18.5 Å². The van der Waals surface area contributed by atoms with E-state index in [2.05, 4.69) is 11.9 Å². The molecule has 1 aliphatic heterocycles. The Kier molecular flexibility index (Phi) is 6.29. The van der Waals surface area contributed by atoms with Gasteiger partial charge in [-0.05, 0) is 61.9 Å². The van der Waals surface area contributed by atoms with Crippen molar-refractivity contribution in [3.05, 3.63) is 64.7 Å². The maximum atomic E-state index is 12.7. The van der Waals surface area contributed by atoms with E-state index in [0.29, 0.717) is 11.3 Å². The summed E-state index contributed by atoms with van der Waals surface area (Å²) in [5, 5.41) is 0. The quantitative estimate of drug-likeness (QED) is 0.753. The first-order valence-corrected chi connectivity index (χ1v) is 11.6. The van der Waals surface area contributed by atoms with E-state index < -0.39 is 10.0 Å². The average molecular weight is 416 g/mol. The van der Waals surface area contributed by atoms with Crippen LogP contribution in [0.1, 0.15) is 27.0 Å². The maximum Gasteiger partial charge on any atom is 0.253 e. The van der Waals surface area contributed by atoms with Crippen molar-refractivity contribution in [2.45, 2.75) is 20.4 Å². The van der Waals surface area contributed by atoms with Crippen LogP contribution in [0.3, 0.4) is 0 Å². The van der Waals surface area contributed by atoms with E-state index in [-0.39, 0.29) is 12.5 Å². The molecule has 0 N–H and O–H groups in total. The first-order chi connectivity index (χ1) is 13.6.